The number of hydrogen-bond donors (Lipinski definition) is 0. The van der Waals surface area contributed by atoms with Crippen LogP contribution in [0.2, 0.25) is 0 Å². The number of ether oxygens (including phenoxy) is 2. The van der Waals surface area contributed by atoms with Crippen LogP contribution in [0.25, 0.3) is 0 Å². The molecule has 2 atom stereocenters. The monoisotopic (exact) mass is 254 g/mol. The second-order valence-electron chi connectivity index (χ2n) is 3.73. The molecule has 0 amide bonds. The Balaban J connectivity index is 3.11. The largest absolute Gasteiger partial charge is 0.468 e. The van der Waals surface area contributed by atoms with E-state index in [1.165, 1.54) is 0 Å². The molecule has 0 radical (unpaired) electrons. The molecule has 0 fully saturated rings. The number of methoxy groups -OCH3 is 2. The summed E-state index contributed by atoms with van der Waals surface area (Å²) in [6, 6.07) is -1.34. The van der Waals surface area contributed by atoms with Crippen molar-refractivity contribution < 1.29 is 27.3 Å². The van der Waals surface area contributed by atoms with E-state index in [1.54, 1.807) is 0 Å². The first-order valence-electron chi connectivity index (χ1n) is 8.20. The maximum absolute atomic E-state index is 12.7. The third-order valence-electron chi connectivity index (χ3n) is 2.91. The lowest BCUT2D eigenvalue weighted by Crippen LogP contribution is -2.53. The first kappa shape index (κ1) is 6.92. The molecular weight excluding hydrogens is 232 g/mol. The molecule has 0 bridgehead atoms. The summed E-state index contributed by atoms with van der Waals surface area (Å²) in [4.78, 5) is 25.3. The summed E-state index contributed by atoms with van der Waals surface area (Å²) in [6.45, 7) is 0. The summed E-state index contributed by atoms with van der Waals surface area (Å²) in [7, 11) is 1.89. The SMILES string of the molecule is [2H]C1=CC=C([2H])C2(C(=O)OC)C([2H])([2H])C=CC([2H])([2H])C12C(=O)OC. The molecule has 0 aliphatic heterocycles. The third-order valence-corrected chi connectivity index (χ3v) is 2.91. The Morgan fingerprint density at radius 3 is 1.78 bits per heavy atom. The van der Waals surface area contributed by atoms with Crippen molar-refractivity contribution >= 4 is 11.9 Å². The molecule has 0 heterocycles. The van der Waals surface area contributed by atoms with Gasteiger partial charge in [-0.05, 0) is 12.7 Å². The van der Waals surface area contributed by atoms with E-state index in [2.05, 4.69) is 9.47 Å². The average molecular weight is 254 g/mol. The highest BCUT2D eigenvalue weighted by atomic mass is 16.5. The number of allylic oxidation sites excluding steroid dienone is 4. The standard InChI is InChI=1S/C14H16O4/c1-17-11(15)13-7-3-5-9-14(13,12(16)18-2)10-6-4-8-13/h3-7,9H,8,10H2,1-2H3/i7D,8D2,9D,10D2. The molecule has 0 saturated carbocycles. The van der Waals surface area contributed by atoms with Crippen molar-refractivity contribution in [3.8, 4) is 0 Å². The van der Waals surface area contributed by atoms with Gasteiger partial charge in [-0.2, -0.15) is 0 Å². The maximum atomic E-state index is 12.7. The van der Waals surface area contributed by atoms with E-state index in [4.69, 9.17) is 8.22 Å². The zero-order chi connectivity index (χ0) is 18.6. The van der Waals surface area contributed by atoms with Gasteiger partial charge >= 0.3 is 11.9 Å². The zero-order valence-corrected chi connectivity index (χ0v) is 9.94. The second-order valence-corrected chi connectivity index (χ2v) is 3.73. The molecule has 2 aliphatic rings. The molecule has 2 rings (SSSR count). The minimum Gasteiger partial charge on any atom is -0.468 e. The summed E-state index contributed by atoms with van der Waals surface area (Å²) >= 11 is 0. The van der Waals surface area contributed by atoms with Crippen molar-refractivity contribution in [2.75, 3.05) is 14.2 Å². The summed E-state index contributed by atoms with van der Waals surface area (Å²) in [5.41, 5.74) is -5.46. The molecule has 0 aromatic rings. The lowest BCUT2D eigenvalue weighted by atomic mass is 9.56. The lowest BCUT2D eigenvalue weighted by Gasteiger charge is -2.45. The fourth-order valence-corrected chi connectivity index (χ4v) is 2.03. The van der Waals surface area contributed by atoms with Crippen LogP contribution in [-0.2, 0) is 19.1 Å². The van der Waals surface area contributed by atoms with Crippen LogP contribution < -0.4 is 0 Å². The Morgan fingerprint density at radius 2 is 1.44 bits per heavy atom. The first-order chi connectivity index (χ1) is 11.0. The van der Waals surface area contributed by atoms with Crippen LogP contribution in [-0.4, -0.2) is 26.2 Å². The van der Waals surface area contributed by atoms with E-state index in [0.29, 0.717) is 0 Å². The highest BCUT2D eigenvalue weighted by Crippen LogP contribution is 2.53. The van der Waals surface area contributed by atoms with E-state index in [9.17, 15) is 9.59 Å². The minimum absolute atomic E-state index is 0.672. The number of carbonyl (C=O) groups excluding carboxylic acids is 2. The van der Waals surface area contributed by atoms with Crippen molar-refractivity contribution in [3.05, 3.63) is 36.4 Å². The van der Waals surface area contributed by atoms with Crippen LogP contribution >= 0.6 is 0 Å². The number of carbonyl (C=O) groups is 2. The summed E-state index contributed by atoms with van der Waals surface area (Å²) in [5.74, 6) is -2.66. The second kappa shape index (κ2) is 4.44. The van der Waals surface area contributed by atoms with Gasteiger partial charge < -0.3 is 9.47 Å². The van der Waals surface area contributed by atoms with Gasteiger partial charge in [-0.25, -0.2) is 0 Å². The summed E-state index contributed by atoms with van der Waals surface area (Å²) in [5, 5.41) is 0. The topological polar surface area (TPSA) is 52.6 Å². The van der Waals surface area contributed by atoms with Crippen molar-refractivity contribution in [2.24, 2.45) is 10.8 Å². The molecular formula is C14H16O4. The van der Waals surface area contributed by atoms with Gasteiger partial charge in [-0.3, -0.25) is 9.59 Å². The third kappa shape index (κ3) is 1.45. The molecule has 0 saturated heterocycles. The molecule has 4 nitrogen and oxygen atoms in total. The van der Waals surface area contributed by atoms with Gasteiger partial charge in [0.1, 0.15) is 10.8 Å². The Morgan fingerprint density at radius 1 is 1.06 bits per heavy atom. The Hall–Kier alpha value is -1.84. The van der Waals surface area contributed by atoms with E-state index >= 15 is 0 Å². The minimum atomic E-state index is -2.73. The number of hydrogen-bond acceptors (Lipinski definition) is 4. The normalized spacial score (nSPS) is 44.3. The molecule has 2 unspecified atom stereocenters. The Kier molecular flexibility index (Phi) is 1.71. The van der Waals surface area contributed by atoms with Crippen LogP contribution in [0.1, 0.15) is 21.0 Å². The van der Waals surface area contributed by atoms with Crippen molar-refractivity contribution in [3.63, 3.8) is 0 Å². The smallest absolute Gasteiger partial charge is 0.317 e. The lowest BCUT2D eigenvalue weighted by molar-refractivity contribution is -0.169. The van der Waals surface area contributed by atoms with Gasteiger partial charge in [0.15, 0.2) is 0 Å². The predicted octanol–water partition coefficient (Wildman–Crippen LogP) is 1.78. The van der Waals surface area contributed by atoms with Crippen LogP contribution in [0.15, 0.2) is 36.4 Å². The van der Waals surface area contributed by atoms with Crippen LogP contribution in [0, 0.1) is 10.8 Å². The highest BCUT2D eigenvalue weighted by molar-refractivity contribution is 5.93. The quantitative estimate of drug-likeness (QED) is 0.557. The van der Waals surface area contributed by atoms with Crippen LogP contribution in [0.3, 0.4) is 0 Å². The van der Waals surface area contributed by atoms with E-state index < -0.39 is 47.6 Å². The fraction of sp³-hybridized carbons (Fsp3) is 0.429. The highest BCUT2D eigenvalue weighted by Gasteiger charge is 2.60. The van der Waals surface area contributed by atoms with Crippen LogP contribution in [0.4, 0.5) is 0 Å². The maximum Gasteiger partial charge on any atom is 0.317 e. The van der Waals surface area contributed by atoms with E-state index in [-0.39, 0.29) is 0 Å². The Labute approximate surface area is 114 Å². The van der Waals surface area contributed by atoms with Gasteiger partial charge in [0, 0.05) is 5.48 Å². The molecule has 0 N–H and O–H groups in total. The first-order valence-corrected chi connectivity index (χ1v) is 5.20. The van der Waals surface area contributed by atoms with Gasteiger partial charge in [-0.15, -0.1) is 0 Å². The van der Waals surface area contributed by atoms with Crippen molar-refractivity contribution in [2.45, 2.75) is 12.7 Å². The molecule has 4 heteroatoms. The fourth-order valence-electron chi connectivity index (χ4n) is 2.03. The van der Waals surface area contributed by atoms with Gasteiger partial charge in [0.2, 0.25) is 0 Å². The molecule has 96 valence electrons. The number of esters is 2. The molecule has 2 aliphatic carbocycles. The van der Waals surface area contributed by atoms with E-state index in [0.717, 1.165) is 38.5 Å². The average Bonchev–Trinajstić information content (AvgIpc) is 2.52. The zero-order valence-electron chi connectivity index (χ0n) is 15.9. The van der Waals surface area contributed by atoms with Crippen molar-refractivity contribution in [1.29, 1.82) is 0 Å². The number of fused-ring (bicyclic) bond motifs is 1. The van der Waals surface area contributed by atoms with Crippen LogP contribution in [0.5, 0.6) is 0 Å². The Bertz CT molecular complexity index is 637. The molecule has 18 heavy (non-hydrogen) atoms. The predicted molar refractivity (Wildman–Crippen MR) is 65.6 cm³/mol. The van der Waals surface area contributed by atoms with E-state index in [1.807, 2.05) is 0 Å². The van der Waals surface area contributed by atoms with Gasteiger partial charge in [0.25, 0.3) is 0 Å². The summed E-state index contributed by atoms with van der Waals surface area (Å²) < 4.78 is 58.7. The molecule has 0 aromatic heterocycles. The van der Waals surface area contributed by atoms with Crippen molar-refractivity contribution in [1.82, 2.24) is 0 Å². The summed E-state index contributed by atoms with van der Waals surface area (Å²) in [6.07, 6.45) is -1.79. The molecule has 0 spiro atoms. The van der Waals surface area contributed by atoms with Gasteiger partial charge in [0.05, 0.1) is 17.0 Å². The number of rotatable bonds is 2. The van der Waals surface area contributed by atoms with Gasteiger partial charge in [-0.1, -0.05) is 36.4 Å². The molecule has 0 aromatic carbocycles.